The third-order valence-electron chi connectivity index (χ3n) is 2.65. The first-order chi connectivity index (χ1) is 9.18. The highest BCUT2D eigenvalue weighted by molar-refractivity contribution is 5.95. The molecule has 0 spiro atoms. The van der Waals surface area contributed by atoms with E-state index in [1.54, 1.807) is 27.9 Å². The van der Waals surface area contributed by atoms with Gasteiger partial charge in [-0.15, -0.1) is 6.42 Å². The summed E-state index contributed by atoms with van der Waals surface area (Å²) >= 11 is 0. The van der Waals surface area contributed by atoms with E-state index in [4.69, 9.17) is 6.42 Å². The molecule has 20 heavy (non-hydrogen) atoms. The largest absolute Gasteiger partial charge is 0.364 e. The van der Waals surface area contributed by atoms with Crippen molar-refractivity contribution in [1.29, 1.82) is 0 Å². The van der Waals surface area contributed by atoms with Gasteiger partial charge in [0.1, 0.15) is 5.69 Å². The molecule has 0 bridgehead atoms. The Kier molecular flexibility index (Phi) is 4.35. The lowest BCUT2D eigenvalue weighted by molar-refractivity contribution is -0.384. The molecule has 0 atom stereocenters. The Bertz CT molecular complexity index is 586. The number of carbonyl (C=O) groups excluding carboxylic acids is 1. The summed E-state index contributed by atoms with van der Waals surface area (Å²) in [7, 11) is 3.23. The van der Waals surface area contributed by atoms with Gasteiger partial charge in [0, 0.05) is 25.7 Å². The number of nitro benzene ring substituents is 1. The van der Waals surface area contributed by atoms with E-state index in [0.717, 1.165) is 0 Å². The van der Waals surface area contributed by atoms with Crippen molar-refractivity contribution in [3.8, 4) is 12.3 Å². The van der Waals surface area contributed by atoms with Crippen LogP contribution in [0.15, 0.2) is 18.2 Å². The summed E-state index contributed by atoms with van der Waals surface area (Å²) < 4.78 is 0. The van der Waals surface area contributed by atoms with Gasteiger partial charge < -0.3 is 10.2 Å². The van der Waals surface area contributed by atoms with Gasteiger partial charge in [-0.05, 0) is 26.0 Å². The maximum absolute atomic E-state index is 11.9. The Morgan fingerprint density at radius 1 is 1.45 bits per heavy atom. The summed E-state index contributed by atoms with van der Waals surface area (Å²) in [4.78, 5) is 23.8. The van der Waals surface area contributed by atoms with Crippen LogP contribution < -0.4 is 5.32 Å². The second-order valence-electron chi connectivity index (χ2n) is 5.08. The SMILES string of the molecule is C#CC(C)(C)Nc1cc(C(=O)N(C)C)ccc1[N+](=O)[O-]. The Morgan fingerprint density at radius 2 is 2.05 bits per heavy atom. The minimum Gasteiger partial charge on any atom is -0.364 e. The number of nitrogens with one attached hydrogen (secondary N) is 1. The number of hydrogen-bond donors (Lipinski definition) is 1. The molecule has 0 unspecified atom stereocenters. The fraction of sp³-hybridized carbons (Fsp3) is 0.357. The minimum absolute atomic E-state index is 0.122. The van der Waals surface area contributed by atoms with Crippen molar-refractivity contribution in [2.24, 2.45) is 0 Å². The van der Waals surface area contributed by atoms with Gasteiger partial charge >= 0.3 is 0 Å². The molecule has 1 rings (SSSR count). The minimum atomic E-state index is -0.759. The van der Waals surface area contributed by atoms with Crippen LogP contribution in [0.1, 0.15) is 24.2 Å². The Balaban J connectivity index is 3.30. The van der Waals surface area contributed by atoms with Crippen molar-refractivity contribution in [3.05, 3.63) is 33.9 Å². The van der Waals surface area contributed by atoms with Gasteiger partial charge in [-0.2, -0.15) is 0 Å². The Morgan fingerprint density at radius 3 is 2.50 bits per heavy atom. The molecule has 0 saturated carbocycles. The molecule has 0 radical (unpaired) electrons. The topological polar surface area (TPSA) is 75.5 Å². The van der Waals surface area contributed by atoms with Gasteiger partial charge in [0.25, 0.3) is 11.6 Å². The van der Waals surface area contributed by atoms with Crippen LogP contribution in [-0.2, 0) is 0 Å². The predicted octanol–water partition coefficient (Wildman–Crippen LogP) is 2.12. The third-order valence-corrected chi connectivity index (χ3v) is 2.65. The quantitative estimate of drug-likeness (QED) is 0.519. The van der Waals surface area contributed by atoms with Gasteiger partial charge in [0.05, 0.1) is 10.5 Å². The maximum atomic E-state index is 11.9. The van der Waals surface area contributed by atoms with E-state index in [-0.39, 0.29) is 17.3 Å². The van der Waals surface area contributed by atoms with Crippen LogP contribution in [0, 0.1) is 22.5 Å². The van der Waals surface area contributed by atoms with E-state index in [1.807, 2.05) is 0 Å². The zero-order chi connectivity index (χ0) is 15.5. The summed E-state index contributed by atoms with van der Waals surface area (Å²) in [6.07, 6.45) is 5.37. The molecule has 1 amide bonds. The molecular formula is C14H17N3O3. The molecule has 1 N–H and O–H groups in total. The highest BCUT2D eigenvalue weighted by Gasteiger charge is 2.22. The molecular weight excluding hydrogens is 258 g/mol. The molecule has 0 aliphatic carbocycles. The number of benzene rings is 1. The molecule has 0 aromatic heterocycles. The van der Waals surface area contributed by atoms with E-state index in [9.17, 15) is 14.9 Å². The second-order valence-corrected chi connectivity index (χ2v) is 5.08. The van der Waals surface area contributed by atoms with Gasteiger partial charge in [-0.25, -0.2) is 0 Å². The van der Waals surface area contributed by atoms with Crippen molar-refractivity contribution >= 4 is 17.3 Å². The van der Waals surface area contributed by atoms with Gasteiger partial charge in [0.2, 0.25) is 0 Å². The molecule has 1 aromatic carbocycles. The zero-order valence-electron chi connectivity index (χ0n) is 11.9. The normalized spacial score (nSPS) is 10.6. The predicted molar refractivity (Wildman–Crippen MR) is 77.6 cm³/mol. The van der Waals surface area contributed by atoms with Gasteiger partial charge in [-0.3, -0.25) is 14.9 Å². The van der Waals surface area contributed by atoms with Crippen LogP contribution in [-0.4, -0.2) is 35.4 Å². The van der Waals surface area contributed by atoms with Crippen molar-refractivity contribution in [3.63, 3.8) is 0 Å². The lowest BCUT2D eigenvalue weighted by Gasteiger charge is -2.21. The van der Waals surface area contributed by atoms with Crippen molar-refractivity contribution in [2.45, 2.75) is 19.4 Å². The van der Waals surface area contributed by atoms with Gasteiger partial charge in [0.15, 0.2) is 0 Å². The van der Waals surface area contributed by atoms with Crippen LogP contribution in [0.25, 0.3) is 0 Å². The standard InChI is InChI=1S/C14H17N3O3/c1-6-14(2,3)15-11-9-10(13(18)16(4)5)7-8-12(11)17(19)20/h1,7-9,15H,2-5H3. The second kappa shape index (κ2) is 5.61. The van der Waals surface area contributed by atoms with Crippen LogP contribution in [0.4, 0.5) is 11.4 Å². The lowest BCUT2D eigenvalue weighted by Crippen LogP contribution is -2.29. The molecule has 1 aromatic rings. The molecule has 106 valence electrons. The molecule has 0 heterocycles. The molecule has 0 fully saturated rings. The van der Waals surface area contributed by atoms with Crippen LogP contribution >= 0.6 is 0 Å². The molecule has 6 nitrogen and oxygen atoms in total. The third kappa shape index (κ3) is 3.48. The van der Waals surface area contributed by atoms with Crippen molar-refractivity contribution < 1.29 is 9.72 Å². The number of terminal acetylenes is 1. The van der Waals surface area contributed by atoms with E-state index in [0.29, 0.717) is 5.56 Å². The fourth-order valence-electron chi connectivity index (χ4n) is 1.56. The lowest BCUT2D eigenvalue weighted by atomic mass is 10.0. The average molecular weight is 275 g/mol. The number of carbonyl (C=O) groups is 1. The monoisotopic (exact) mass is 275 g/mol. The molecule has 0 aliphatic rings. The Labute approximate surface area is 117 Å². The van der Waals surface area contributed by atoms with E-state index < -0.39 is 10.5 Å². The summed E-state index contributed by atoms with van der Waals surface area (Å²) in [6, 6.07) is 4.17. The smallest absolute Gasteiger partial charge is 0.292 e. The number of amides is 1. The molecule has 6 heteroatoms. The first-order valence-corrected chi connectivity index (χ1v) is 5.94. The van der Waals surface area contributed by atoms with Crippen molar-refractivity contribution in [2.75, 3.05) is 19.4 Å². The summed E-state index contributed by atoms with van der Waals surface area (Å²) in [5.74, 6) is 2.26. The number of anilines is 1. The van der Waals surface area contributed by atoms with Crippen LogP contribution in [0.5, 0.6) is 0 Å². The van der Waals surface area contributed by atoms with Crippen LogP contribution in [0.3, 0.4) is 0 Å². The highest BCUT2D eigenvalue weighted by Crippen LogP contribution is 2.28. The molecule has 0 aliphatic heterocycles. The van der Waals surface area contributed by atoms with Gasteiger partial charge in [-0.1, -0.05) is 5.92 Å². The first-order valence-electron chi connectivity index (χ1n) is 5.94. The number of nitro groups is 1. The average Bonchev–Trinajstić information content (AvgIpc) is 2.36. The van der Waals surface area contributed by atoms with E-state index >= 15 is 0 Å². The molecule has 0 saturated heterocycles. The number of hydrogen-bond acceptors (Lipinski definition) is 4. The maximum Gasteiger partial charge on any atom is 0.292 e. The zero-order valence-corrected chi connectivity index (χ0v) is 11.9. The van der Waals surface area contributed by atoms with Crippen molar-refractivity contribution in [1.82, 2.24) is 4.90 Å². The fourth-order valence-corrected chi connectivity index (χ4v) is 1.56. The highest BCUT2D eigenvalue weighted by atomic mass is 16.6. The first kappa shape index (κ1) is 15.5. The van der Waals surface area contributed by atoms with E-state index in [2.05, 4.69) is 11.2 Å². The summed E-state index contributed by atoms with van der Waals surface area (Å²) in [5, 5.41) is 13.9. The Hall–Kier alpha value is -2.55. The van der Waals surface area contributed by atoms with E-state index in [1.165, 1.54) is 23.1 Å². The summed E-state index contributed by atoms with van der Waals surface area (Å²) in [5.41, 5.74) is -0.296. The number of nitrogens with zero attached hydrogens (tertiary/aromatic N) is 2. The summed E-state index contributed by atoms with van der Waals surface area (Å²) in [6.45, 7) is 3.44. The van der Waals surface area contributed by atoms with Crippen LogP contribution in [0.2, 0.25) is 0 Å². The number of rotatable bonds is 4.